The van der Waals surface area contributed by atoms with Gasteiger partial charge >= 0.3 is 6.03 Å². The number of amides is 2. The van der Waals surface area contributed by atoms with E-state index in [-0.39, 0.29) is 12.1 Å². The van der Waals surface area contributed by atoms with Gasteiger partial charge < -0.3 is 15.7 Å². The molecule has 0 saturated carbocycles. The van der Waals surface area contributed by atoms with Crippen LogP contribution in [-0.2, 0) is 0 Å². The Balaban J connectivity index is 1.49. The van der Waals surface area contributed by atoms with Crippen molar-refractivity contribution in [3.05, 3.63) is 83.7 Å². The van der Waals surface area contributed by atoms with Crippen LogP contribution in [0.25, 0.3) is 20.8 Å². The number of hydrogen-bond acceptors (Lipinski definition) is 4. The first-order valence-electron chi connectivity index (χ1n) is 9.24. The number of anilines is 1. The monoisotopic (exact) mass is 443 g/mol. The third-order valence-electron chi connectivity index (χ3n) is 4.53. The minimum atomic E-state index is -1.37. The summed E-state index contributed by atoms with van der Waals surface area (Å²) in [6, 6.07) is 13.4. The van der Waals surface area contributed by atoms with Gasteiger partial charge in [-0.15, -0.1) is 11.3 Å². The second kappa shape index (κ2) is 8.75. The van der Waals surface area contributed by atoms with Crippen LogP contribution in [0.1, 0.15) is 11.7 Å². The van der Waals surface area contributed by atoms with E-state index in [1.807, 2.05) is 24.3 Å². The molecule has 0 aliphatic rings. The highest BCUT2D eigenvalue weighted by atomic mass is 32.1. The molecule has 0 spiro atoms. The number of benzene rings is 3. The van der Waals surface area contributed by atoms with Crippen LogP contribution in [0, 0.1) is 17.5 Å². The van der Waals surface area contributed by atoms with Gasteiger partial charge in [-0.05, 0) is 36.4 Å². The summed E-state index contributed by atoms with van der Waals surface area (Å²) in [5.41, 5.74) is 1.34. The first-order chi connectivity index (χ1) is 14.9. The smallest absolute Gasteiger partial charge is 0.319 e. The molecule has 1 aromatic heterocycles. The molecule has 0 saturated heterocycles. The van der Waals surface area contributed by atoms with E-state index in [1.54, 1.807) is 0 Å². The maximum absolute atomic E-state index is 13.9. The van der Waals surface area contributed by atoms with Gasteiger partial charge in [-0.3, -0.25) is 0 Å². The molecule has 2 amide bonds. The van der Waals surface area contributed by atoms with Crippen LogP contribution in [0.4, 0.5) is 23.7 Å². The molecule has 3 N–H and O–H groups in total. The molecule has 1 heterocycles. The van der Waals surface area contributed by atoms with Crippen LogP contribution in [-0.4, -0.2) is 22.7 Å². The van der Waals surface area contributed by atoms with Gasteiger partial charge in [-0.2, -0.15) is 0 Å². The first-order valence-corrected chi connectivity index (χ1v) is 10.1. The average Bonchev–Trinajstić information content (AvgIpc) is 3.17. The number of fused-ring (bicyclic) bond motifs is 1. The Morgan fingerprint density at radius 3 is 2.55 bits per heavy atom. The zero-order valence-corrected chi connectivity index (χ0v) is 16.7. The fraction of sp³-hybridized carbons (Fsp3) is 0.0909. The maximum Gasteiger partial charge on any atom is 0.319 e. The molecular weight excluding hydrogens is 427 g/mol. The molecule has 5 nitrogen and oxygen atoms in total. The first kappa shape index (κ1) is 20.8. The quantitative estimate of drug-likeness (QED) is 0.395. The SMILES string of the molecule is O=C(NC[C@@H](O)c1ccc(F)cc1F)Nc1ccc(F)cc1-c1nc2ccccc2s1. The standard InChI is InChI=1S/C22H16F3N3O2S/c23-12-6-8-17(15(9-12)21-27-18-3-1-2-4-20(18)31-21)28-22(30)26-11-19(29)14-7-5-13(24)10-16(14)25/h1-10,19,29H,11H2,(H2,26,28,30)/t19-/m1/s1. The molecule has 0 fully saturated rings. The lowest BCUT2D eigenvalue weighted by atomic mass is 10.1. The summed E-state index contributed by atoms with van der Waals surface area (Å²) in [6.07, 6.45) is -1.37. The van der Waals surface area contributed by atoms with Crippen LogP contribution in [0.5, 0.6) is 0 Å². The average molecular weight is 443 g/mol. The van der Waals surface area contributed by atoms with Gasteiger partial charge in [0.15, 0.2) is 0 Å². The molecule has 0 unspecified atom stereocenters. The van der Waals surface area contributed by atoms with Gasteiger partial charge in [-0.25, -0.2) is 22.9 Å². The number of rotatable bonds is 5. The van der Waals surface area contributed by atoms with Crippen molar-refractivity contribution in [2.75, 3.05) is 11.9 Å². The van der Waals surface area contributed by atoms with Gasteiger partial charge in [0, 0.05) is 23.7 Å². The van der Waals surface area contributed by atoms with Gasteiger partial charge in [0.1, 0.15) is 22.5 Å². The van der Waals surface area contributed by atoms with Crippen molar-refractivity contribution in [1.82, 2.24) is 10.3 Å². The number of halogens is 3. The molecule has 31 heavy (non-hydrogen) atoms. The number of para-hydroxylation sites is 1. The Kier molecular flexibility index (Phi) is 5.88. The van der Waals surface area contributed by atoms with Crippen molar-refractivity contribution in [1.29, 1.82) is 0 Å². The molecule has 9 heteroatoms. The van der Waals surface area contributed by atoms with E-state index in [0.29, 0.717) is 22.3 Å². The molecule has 1 atom stereocenters. The number of aromatic nitrogens is 1. The maximum atomic E-state index is 13.9. The van der Waals surface area contributed by atoms with E-state index in [2.05, 4.69) is 15.6 Å². The van der Waals surface area contributed by atoms with E-state index in [4.69, 9.17) is 0 Å². The third-order valence-corrected chi connectivity index (χ3v) is 5.60. The topological polar surface area (TPSA) is 74.2 Å². The highest BCUT2D eigenvalue weighted by Gasteiger charge is 2.17. The van der Waals surface area contributed by atoms with E-state index in [0.717, 1.165) is 22.3 Å². The zero-order valence-electron chi connectivity index (χ0n) is 15.9. The van der Waals surface area contributed by atoms with Crippen LogP contribution in [0.3, 0.4) is 0 Å². The number of urea groups is 1. The Bertz CT molecular complexity index is 1230. The second-order valence-corrected chi connectivity index (χ2v) is 7.72. The summed E-state index contributed by atoms with van der Waals surface area (Å²) < 4.78 is 41.6. The van der Waals surface area contributed by atoms with Crippen LogP contribution < -0.4 is 10.6 Å². The Hall–Kier alpha value is -3.43. The van der Waals surface area contributed by atoms with Crippen molar-refractivity contribution in [3.8, 4) is 10.6 Å². The summed E-state index contributed by atoms with van der Waals surface area (Å²) in [5.74, 6) is -2.16. The van der Waals surface area contributed by atoms with Gasteiger partial charge in [0.2, 0.25) is 0 Å². The molecule has 158 valence electrons. The molecule has 3 aromatic carbocycles. The van der Waals surface area contributed by atoms with Crippen LogP contribution in [0.15, 0.2) is 60.7 Å². The van der Waals surface area contributed by atoms with Gasteiger partial charge in [-0.1, -0.05) is 18.2 Å². The number of aliphatic hydroxyl groups excluding tert-OH is 1. The minimum absolute atomic E-state index is 0.140. The largest absolute Gasteiger partial charge is 0.386 e. The van der Waals surface area contributed by atoms with Crippen molar-refractivity contribution in [3.63, 3.8) is 0 Å². The van der Waals surface area contributed by atoms with E-state index in [9.17, 15) is 23.1 Å². The molecule has 0 aliphatic heterocycles. The van der Waals surface area contributed by atoms with Gasteiger partial charge in [0.05, 0.1) is 22.0 Å². The predicted molar refractivity (Wildman–Crippen MR) is 113 cm³/mol. The fourth-order valence-corrected chi connectivity index (χ4v) is 4.02. The Morgan fingerprint density at radius 2 is 1.77 bits per heavy atom. The predicted octanol–water partition coefficient (Wildman–Crippen LogP) is 5.24. The molecule has 0 bridgehead atoms. The van der Waals surface area contributed by atoms with Crippen molar-refractivity contribution >= 4 is 33.3 Å². The van der Waals surface area contributed by atoms with Crippen molar-refractivity contribution in [2.24, 2.45) is 0 Å². The number of aliphatic hydroxyl groups is 1. The lowest BCUT2D eigenvalue weighted by molar-refractivity contribution is 0.170. The van der Waals surface area contributed by atoms with E-state index in [1.165, 1.54) is 29.5 Å². The van der Waals surface area contributed by atoms with E-state index < -0.39 is 29.6 Å². The minimum Gasteiger partial charge on any atom is -0.386 e. The highest BCUT2D eigenvalue weighted by Crippen LogP contribution is 2.35. The fourth-order valence-electron chi connectivity index (χ4n) is 3.03. The Morgan fingerprint density at radius 1 is 1.03 bits per heavy atom. The normalized spacial score (nSPS) is 12.0. The van der Waals surface area contributed by atoms with Crippen LogP contribution in [0.2, 0.25) is 0 Å². The summed E-state index contributed by atoms with van der Waals surface area (Å²) in [6.45, 7) is -0.313. The number of carbonyl (C=O) groups excluding carboxylic acids is 1. The molecule has 0 aliphatic carbocycles. The molecule has 4 rings (SSSR count). The lowest BCUT2D eigenvalue weighted by Gasteiger charge is -2.15. The number of carbonyl (C=O) groups is 1. The molecular formula is C22H16F3N3O2S. The molecule has 0 radical (unpaired) electrons. The summed E-state index contributed by atoms with van der Waals surface area (Å²) in [5, 5.41) is 15.6. The van der Waals surface area contributed by atoms with Gasteiger partial charge in [0.25, 0.3) is 0 Å². The van der Waals surface area contributed by atoms with Crippen molar-refractivity contribution < 1.29 is 23.1 Å². The third kappa shape index (κ3) is 4.68. The number of hydrogen-bond donors (Lipinski definition) is 3. The van der Waals surface area contributed by atoms with E-state index >= 15 is 0 Å². The molecule has 4 aromatic rings. The number of nitrogens with one attached hydrogen (secondary N) is 2. The number of nitrogens with zero attached hydrogens (tertiary/aromatic N) is 1. The summed E-state index contributed by atoms with van der Waals surface area (Å²) in [7, 11) is 0. The second-order valence-electron chi connectivity index (χ2n) is 6.69. The zero-order chi connectivity index (χ0) is 22.0. The highest BCUT2D eigenvalue weighted by molar-refractivity contribution is 7.21. The lowest BCUT2D eigenvalue weighted by Crippen LogP contribution is -2.32. The number of thiazole rings is 1. The summed E-state index contributed by atoms with van der Waals surface area (Å²) >= 11 is 1.36. The van der Waals surface area contributed by atoms with Crippen LogP contribution >= 0.6 is 11.3 Å². The Labute approximate surface area is 179 Å². The van der Waals surface area contributed by atoms with Crippen molar-refractivity contribution in [2.45, 2.75) is 6.10 Å². The summed E-state index contributed by atoms with van der Waals surface area (Å²) in [4.78, 5) is 16.8.